The molecule has 0 aromatic heterocycles. The molecule has 6 rings (SSSR count). The van der Waals surface area contributed by atoms with Gasteiger partial charge in [0.2, 0.25) is 5.91 Å². The van der Waals surface area contributed by atoms with Crippen molar-refractivity contribution in [2.24, 2.45) is 22.7 Å². The van der Waals surface area contributed by atoms with Gasteiger partial charge in [-0.1, -0.05) is 19.1 Å². The van der Waals surface area contributed by atoms with E-state index in [1.165, 1.54) is 0 Å². The highest BCUT2D eigenvalue weighted by molar-refractivity contribution is 5.99. The molecule has 4 bridgehead atoms. The molecule has 5 N–H and O–H groups in total. The summed E-state index contributed by atoms with van der Waals surface area (Å²) in [5, 5.41) is 42.7. The Labute approximate surface area is 185 Å². The third-order valence-corrected chi connectivity index (χ3v) is 8.64. The number of phenols is 2. The van der Waals surface area contributed by atoms with Crippen molar-refractivity contribution in [1.82, 2.24) is 0 Å². The number of phenolic OH excluding ortho intramolecular Hbond substituents is 1. The molecule has 1 aromatic rings. The number of ether oxygens (including phenoxy) is 1. The van der Waals surface area contributed by atoms with Crippen LogP contribution in [-0.4, -0.2) is 50.1 Å². The van der Waals surface area contributed by atoms with Crippen LogP contribution in [-0.2, 0) is 9.53 Å². The van der Waals surface area contributed by atoms with Crippen molar-refractivity contribution in [3.8, 4) is 11.5 Å². The number of carboxylic acids is 1. The SMILES string of the molecule is C[C@]1(CCC(=O)Nc2c(O)ccc(C(=O)O)c2O)[C@@H]2[C@@H]3C[C@@H]4C[C@@]2(C=C[C@@H]1O)C[C@]4(C)O3. The van der Waals surface area contributed by atoms with Gasteiger partial charge in [0, 0.05) is 17.8 Å². The van der Waals surface area contributed by atoms with Gasteiger partial charge in [0.05, 0.1) is 17.8 Å². The number of benzene rings is 1. The van der Waals surface area contributed by atoms with Crippen LogP contribution in [0.3, 0.4) is 0 Å². The standard InChI is InChI=1S/C24H29NO7/c1-22(7-6-17(28)25-18-14(26)4-3-13(19(18)29)21(30)31)16(27)5-8-24-10-12-9-15(20(22)24)32-23(12,2)11-24/h3-5,8,12,15-16,20,26-27,29H,6-7,9-11H2,1-2H3,(H,25,28)(H,30,31)/t12-,15+,16+,20+,22-,23+,24+/m1/s1. The number of anilines is 1. The number of hydrogen-bond donors (Lipinski definition) is 5. The van der Waals surface area contributed by atoms with Crippen LogP contribution in [0.2, 0.25) is 0 Å². The molecule has 3 aliphatic carbocycles. The molecule has 2 saturated heterocycles. The molecular formula is C24H29NO7. The number of aliphatic hydroxyl groups excluding tert-OH is 1. The fourth-order valence-corrected chi connectivity index (χ4v) is 7.26. The topological polar surface area (TPSA) is 136 Å². The average molecular weight is 443 g/mol. The van der Waals surface area contributed by atoms with Gasteiger partial charge in [-0.05, 0) is 56.1 Å². The number of carbonyl (C=O) groups excluding carboxylic acids is 1. The summed E-state index contributed by atoms with van der Waals surface area (Å²) in [6, 6.07) is 2.18. The van der Waals surface area contributed by atoms with E-state index in [0.29, 0.717) is 12.3 Å². The molecule has 8 heteroatoms. The second kappa shape index (κ2) is 6.71. The Hall–Kier alpha value is -2.58. The monoisotopic (exact) mass is 443 g/mol. The Balaban J connectivity index is 1.35. The quantitative estimate of drug-likeness (QED) is 0.348. The summed E-state index contributed by atoms with van der Waals surface area (Å²) in [6.07, 6.45) is 6.78. The lowest BCUT2D eigenvalue weighted by Crippen LogP contribution is -2.57. The fraction of sp³-hybridized carbons (Fsp3) is 0.583. The predicted octanol–water partition coefficient (Wildman–Crippen LogP) is 3.03. The Morgan fingerprint density at radius 3 is 2.69 bits per heavy atom. The Morgan fingerprint density at radius 1 is 1.25 bits per heavy atom. The lowest BCUT2D eigenvalue weighted by Gasteiger charge is -2.57. The molecule has 0 unspecified atom stereocenters. The van der Waals surface area contributed by atoms with Gasteiger partial charge in [0.15, 0.2) is 5.75 Å². The number of amides is 1. The smallest absolute Gasteiger partial charge is 0.339 e. The summed E-state index contributed by atoms with van der Waals surface area (Å²) in [5.74, 6) is -2.32. The zero-order valence-corrected chi connectivity index (χ0v) is 18.2. The van der Waals surface area contributed by atoms with Crippen LogP contribution < -0.4 is 5.32 Å². The molecule has 2 saturated carbocycles. The highest BCUT2D eigenvalue weighted by Gasteiger charge is 2.71. The van der Waals surface area contributed by atoms with Crippen molar-refractivity contribution >= 4 is 17.6 Å². The molecule has 5 aliphatic rings. The first-order chi connectivity index (χ1) is 15.0. The zero-order valence-electron chi connectivity index (χ0n) is 18.2. The number of aromatic hydroxyl groups is 2. The number of carboxylic acid groups (broad SMARTS) is 1. The highest BCUT2D eigenvalue weighted by atomic mass is 16.5. The molecule has 1 spiro atoms. The largest absolute Gasteiger partial charge is 0.506 e. The molecule has 7 atom stereocenters. The van der Waals surface area contributed by atoms with Gasteiger partial charge in [-0.2, -0.15) is 0 Å². The first-order valence-electron chi connectivity index (χ1n) is 11.1. The third kappa shape index (κ3) is 2.82. The second-order valence-electron chi connectivity index (χ2n) is 10.5. The first-order valence-corrected chi connectivity index (χ1v) is 11.1. The van der Waals surface area contributed by atoms with Crippen LogP contribution in [0, 0.1) is 22.7 Å². The van der Waals surface area contributed by atoms with E-state index in [1.54, 1.807) is 0 Å². The number of hydrogen-bond acceptors (Lipinski definition) is 6. The maximum atomic E-state index is 12.7. The van der Waals surface area contributed by atoms with E-state index in [1.807, 2.05) is 13.0 Å². The lowest BCUT2D eigenvalue weighted by molar-refractivity contribution is -0.179. The molecule has 2 heterocycles. The Bertz CT molecular complexity index is 1040. The van der Waals surface area contributed by atoms with Gasteiger partial charge in [-0.15, -0.1) is 0 Å². The second-order valence-corrected chi connectivity index (χ2v) is 10.5. The molecular weight excluding hydrogens is 414 g/mol. The summed E-state index contributed by atoms with van der Waals surface area (Å²) >= 11 is 0. The van der Waals surface area contributed by atoms with E-state index in [2.05, 4.69) is 18.3 Å². The molecule has 1 amide bonds. The highest BCUT2D eigenvalue weighted by Crippen LogP contribution is 2.72. The van der Waals surface area contributed by atoms with Gasteiger partial charge in [-0.25, -0.2) is 4.79 Å². The molecule has 4 fully saturated rings. The van der Waals surface area contributed by atoms with E-state index < -0.39 is 40.5 Å². The lowest BCUT2D eigenvalue weighted by atomic mass is 9.50. The van der Waals surface area contributed by atoms with Crippen molar-refractivity contribution in [3.05, 3.63) is 29.8 Å². The van der Waals surface area contributed by atoms with Gasteiger partial charge < -0.3 is 30.5 Å². The summed E-state index contributed by atoms with van der Waals surface area (Å²) in [5.41, 5.74) is -1.42. The number of carbonyl (C=O) groups is 2. The third-order valence-electron chi connectivity index (χ3n) is 8.64. The van der Waals surface area contributed by atoms with Gasteiger partial charge in [-0.3, -0.25) is 4.79 Å². The van der Waals surface area contributed by atoms with Gasteiger partial charge >= 0.3 is 5.97 Å². The summed E-state index contributed by atoms with van der Waals surface area (Å²) < 4.78 is 6.45. The minimum absolute atomic E-state index is 0.0165. The van der Waals surface area contributed by atoms with Crippen molar-refractivity contribution in [2.75, 3.05) is 5.32 Å². The summed E-state index contributed by atoms with van der Waals surface area (Å²) in [7, 11) is 0. The minimum atomic E-state index is -1.37. The van der Waals surface area contributed by atoms with Crippen LogP contribution in [0.5, 0.6) is 11.5 Å². The number of aromatic carboxylic acids is 1. The summed E-state index contributed by atoms with van der Waals surface area (Å²) in [4.78, 5) is 24.0. The van der Waals surface area contributed by atoms with Gasteiger partial charge in [0.1, 0.15) is 17.0 Å². The number of rotatable bonds is 5. The molecule has 2 aliphatic heterocycles. The van der Waals surface area contributed by atoms with E-state index in [4.69, 9.17) is 9.84 Å². The van der Waals surface area contributed by atoms with Crippen molar-refractivity contribution in [3.63, 3.8) is 0 Å². The fourth-order valence-electron chi connectivity index (χ4n) is 7.26. The molecule has 8 nitrogen and oxygen atoms in total. The average Bonchev–Trinajstić information content (AvgIpc) is 3.08. The Morgan fingerprint density at radius 2 is 2.00 bits per heavy atom. The predicted molar refractivity (Wildman–Crippen MR) is 114 cm³/mol. The number of aliphatic hydroxyl groups is 1. The molecule has 32 heavy (non-hydrogen) atoms. The normalized spacial score (nSPS) is 41.0. The maximum absolute atomic E-state index is 12.7. The summed E-state index contributed by atoms with van der Waals surface area (Å²) in [6.45, 7) is 4.20. The van der Waals surface area contributed by atoms with Crippen LogP contribution in [0.15, 0.2) is 24.3 Å². The van der Waals surface area contributed by atoms with Crippen molar-refractivity contribution in [2.45, 2.75) is 63.8 Å². The van der Waals surface area contributed by atoms with E-state index in [9.17, 15) is 24.9 Å². The first kappa shape index (κ1) is 21.3. The van der Waals surface area contributed by atoms with Crippen LogP contribution in [0.4, 0.5) is 5.69 Å². The van der Waals surface area contributed by atoms with Crippen LogP contribution >= 0.6 is 0 Å². The minimum Gasteiger partial charge on any atom is -0.506 e. The number of allylic oxidation sites excluding steroid dienone is 1. The van der Waals surface area contributed by atoms with Crippen molar-refractivity contribution < 1.29 is 34.8 Å². The van der Waals surface area contributed by atoms with Gasteiger partial charge in [0.25, 0.3) is 0 Å². The number of nitrogens with one attached hydrogen (secondary N) is 1. The van der Waals surface area contributed by atoms with Crippen molar-refractivity contribution in [1.29, 1.82) is 0 Å². The zero-order chi connectivity index (χ0) is 23.1. The molecule has 1 aromatic carbocycles. The van der Waals surface area contributed by atoms with Crippen LogP contribution in [0.1, 0.15) is 56.3 Å². The molecule has 0 radical (unpaired) electrons. The Kier molecular flexibility index (Phi) is 4.46. The van der Waals surface area contributed by atoms with E-state index in [-0.39, 0.29) is 35.1 Å². The van der Waals surface area contributed by atoms with E-state index >= 15 is 0 Å². The molecule has 172 valence electrons. The van der Waals surface area contributed by atoms with E-state index in [0.717, 1.165) is 31.4 Å². The van der Waals surface area contributed by atoms with Crippen LogP contribution in [0.25, 0.3) is 0 Å². The maximum Gasteiger partial charge on any atom is 0.339 e.